The molecule has 0 radical (unpaired) electrons. The van der Waals surface area contributed by atoms with Crippen molar-refractivity contribution in [1.29, 1.82) is 0 Å². The second-order valence-corrected chi connectivity index (χ2v) is 4.26. The normalized spacial score (nSPS) is 11.2. The average molecular weight is 227 g/mol. The van der Waals surface area contributed by atoms with E-state index in [2.05, 4.69) is 22.3 Å². The summed E-state index contributed by atoms with van der Waals surface area (Å²) in [6.45, 7) is 3.87. The van der Waals surface area contributed by atoms with Gasteiger partial charge < -0.3 is 9.09 Å². The van der Waals surface area contributed by atoms with Gasteiger partial charge in [-0.05, 0) is 26.0 Å². The molecule has 0 aliphatic carbocycles. The van der Waals surface area contributed by atoms with E-state index < -0.39 is 0 Å². The first-order valence-electron chi connectivity index (χ1n) is 5.51. The molecule has 4 nitrogen and oxygen atoms in total. The highest BCUT2D eigenvalue weighted by molar-refractivity contribution is 5.82. The highest BCUT2D eigenvalue weighted by Gasteiger charge is 2.12. The van der Waals surface area contributed by atoms with Crippen LogP contribution in [0.2, 0.25) is 0 Å². The van der Waals surface area contributed by atoms with Gasteiger partial charge in [0, 0.05) is 36.0 Å². The van der Waals surface area contributed by atoms with E-state index in [4.69, 9.17) is 4.52 Å². The van der Waals surface area contributed by atoms with Crippen molar-refractivity contribution in [2.24, 2.45) is 7.05 Å². The molecule has 0 aromatic carbocycles. The minimum absolute atomic E-state index is 0.833. The lowest BCUT2D eigenvalue weighted by atomic mass is 10.1. The van der Waals surface area contributed by atoms with Crippen LogP contribution < -0.4 is 0 Å². The molecular weight excluding hydrogens is 214 g/mol. The summed E-state index contributed by atoms with van der Waals surface area (Å²) in [6.07, 6.45) is 3.88. The Morgan fingerprint density at radius 3 is 2.82 bits per heavy atom. The van der Waals surface area contributed by atoms with Crippen molar-refractivity contribution in [3.8, 4) is 11.1 Å². The van der Waals surface area contributed by atoms with E-state index in [0.717, 1.165) is 33.6 Å². The van der Waals surface area contributed by atoms with Crippen LogP contribution in [0.5, 0.6) is 0 Å². The molecule has 86 valence electrons. The molecule has 0 spiro atoms. The van der Waals surface area contributed by atoms with Gasteiger partial charge in [0.1, 0.15) is 11.4 Å². The Morgan fingerprint density at radius 1 is 1.29 bits per heavy atom. The molecule has 0 unspecified atom stereocenters. The van der Waals surface area contributed by atoms with Crippen LogP contribution in [-0.4, -0.2) is 14.7 Å². The van der Waals surface area contributed by atoms with Crippen LogP contribution in [0.4, 0.5) is 0 Å². The van der Waals surface area contributed by atoms with E-state index in [1.54, 1.807) is 0 Å². The van der Waals surface area contributed by atoms with Crippen LogP contribution in [-0.2, 0) is 7.05 Å². The Labute approximate surface area is 98.9 Å². The molecule has 3 aromatic heterocycles. The largest absolute Gasteiger partial charge is 0.361 e. The average Bonchev–Trinajstić information content (AvgIpc) is 2.83. The number of hydrogen-bond acceptors (Lipinski definition) is 3. The topological polar surface area (TPSA) is 43.9 Å². The van der Waals surface area contributed by atoms with Gasteiger partial charge in [0.25, 0.3) is 0 Å². The first kappa shape index (κ1) is 10.1. The SMILES string of the molecule is Cc1noc(C)c1-c1cnc2c(ccn2C)c1. The van der Waals surface area contributed by atoms with E-state index in [1.807, 2.05) is 37.9 Å². The predicted molar refractivity (Wildman–Crippen MR) is 65.7 cm³/mol. The number of aryl methyl sites for hydroxylation is 3. The third-order valence-corrected chi connectivity index (χ3v) is 3.03. The van der Waals surface area contributed by atoms with Crippen LogP contribution in [0, 0.1) is 13.8 Å². The summed E-state index contributed by atoms with van der Waals surface area (Å²) in [5, 5.41) is 5.10. The van der Waals surface area contributed by atoms with E-state index in [1.165, 1.54) is 0 Å². The first-order valence-corrected chi connectivity index (χ1v) is 5.51. The predicted octanol–water partition coefficient (Wildman–Crippen LogP) is 2.85. The zero-order chi connectivity index (χ0) is 12.0. The van der Waals surface area contributed by atoms with Gasteiger partial charge in [-0.1, -0.05) is 5.16 Å². The summed E-state index contributed by atoms with van der Waals surface area (Å²) in [4.78, 5) is 4.47. The number of hydrogen-bond donors (Lipinski definition) is 0. The van der Waals surface area contributed by atoms with E-state index in [9.17, 15) is 0 Å². The Morgan fingerprint density at radius 2 is 2.12 bits per heavy atom. The van der Waals surface area contributed by atoms with Crippen molar-refractivity contribution in [2.75, 3.05) is 0 Å². The van der Waals surface area contributed by atoms with E-state index >= 15 is 0 Å². The maximum Gasteiger partial charge on any atom is 0.141 e. The summed E-state index contributed by atoms with van der Waals surface area (Å²) < 4.78 is 7.19. The van der Waals surface area contributed by atoms with Crippen molar-refractivity contribution in [3.63, 3.8) is 0 Å². The maximum absolute atomic E-state index is 5.18. The Hall–Kier alpha value is -2.10. The van der Waals surface area contributed by atoms with Gasteiger partial charge in [-0.15, -0.1) is 0 Å². The van der Waals surface area contributed by atoms with Crippen molar-refractivity contribution in [2.45, 2.75) is 13.8 Å². The molecule has 4 heteroatoms. The van der Waals surface area contributed by atoms with E-state index in [0.29, 0.717) is 0 Å². The van der Waals surface area contributed by atoms with Crippen LogP contribution in [0.3, 0.4) is 0 Å². The molecule has 3 aromatic rings. The molecule has 0 saturated carbocycles. The molecule has 0 bridgehead atoms. The summed E-state index contributed by atoms with van der Waals surface area (Å²) >= 11 is 0. The lowest BCUT2D eigenvalue weighted by molar-refractivity contribution is 0.393. The van der Waals surface area contributed by atoms with Gasteiger partial charge in [-0.3, -0.25) is 0 Å². The number of aromatic nitrogens is 3. The fraction of sp³-hybridized carbons (Fsp3) is 0.231. The van der Waals surface area contributed by atoms with Crippen molar-refractivity contribution < 1.29 is 4.52 Å². The van der Waals surface area contributed by atoms with Gasteiger partial charge in [-0.2, -0.15) is 0 Å². The quantitative estimate of drug-likeness (QED) is 0.642. The van der Waals surface area contributed by atoms with Crippen molar-refractivity contribution in [1.82, 2.24) is 14.7 Å². The molecule has 0 amide bonds. The molecule has 0 atom stereocenters. The van der Waals surface area contributed by atoms with E-state index in [-0.39, 0.29) is 0 Å². The molecule has 3 heterocycles. The Bertz CT molecular complexity index is 674. The number of fused-ring (bicyclic) bond motifs is 1. The van der Waals surface area contributed by atoms with Crippen molar-refractivity contribution in [3.05, 3.63) is 36.0 Å². The fourth-order valence-corrected chi connectivity index (χ4v) is 2.19. The summed E-state index contributed by atoms with van der Waals surface area (Å²) in [7, 11) is 1.99. The van der Waals surface area contributed by atoms with Crippen LogP contribution in [0.15, 0.2) is 29.0 Å². The molecule has 3 rings (SSSR count). The third-order valence-electron chi connectivity index (χ3n) is 3.03. The highest BCUT2D eigenvalue weighted by Crippen LogP contribution is 2.28. The Kier molecular flexibility index (Phi) is 2.04. The maximum atomic E-state index is 5.18. The zero-order valence-corrected chi connectivity index (χ0v) is 10.1. The van der Waals surface area contributed by atoms with Crippen LogP contribution >= 0.6 is 0 Å². The standard InChI is InChI=1S/C13H13N3O/c1-8-12(9(2)17-15-8)11-6-10-4-5-16(3)13(10)14-7-11/h4-7H,1-3H3. The second kappa shape index (κ2) is 3.45. The van der Waals surface area contributed by atoms with Crippen LogP contribution in [0.1, 0.15) is 11.5 Å². The summed E-state index contributed by atoms with van der Waals surface area (Å²) in [6, 6.07) is 4.18. The molecular formula is C13H13N3O. The number of pyridine rings is 1. The Balaban J connectivity index is 2.25. The fourth-order valence-electron chi connectivity index (χ4n) is 2.19. The monoisotopic (exact) mass is 227 g/mol. The second-order valence-electron chi connectivity index (χ2n) is 4.26. The number of nitrogens with zero attached hydrogens (tertiary/aromatic N) is 3. The molecule has 0 aliphatic heterocycles. The van der Waals surface area contributed by atoms with Gasteiger partial charge in [0.05, 0.1) is 5.69 Å². The minimum Gasteiger partial charge on any atom is -0.361 e. The third kappa shape index (κ3) is 1.45. The molecule has 0 saturated heterocycles. The van der Waals surface area contributed by atoms with Crippen molar-refractivity contribution >= 4 is 11.0 Å². The highest BCUT2D eigenvalue weighted by atomic mass is 16.5. The minimum atomic E-state index is 0.833. The van der Waals surface area contributed by atoms with Crippen LogP contribution in [0.25, 0.3) is 22.2 Å². The van der Waals surface area contributed by atoms with Gasteiger partial charge >= 0.3 is 0 Å². The van der Waals surface area contributed by atoms with Gasteiger partial charge in [0.2, 0.25) is 0 Å². The summed E-state index contributed by atoms with van der Waals surface area (Å²) in [5.74, 6) is 0.833. The number of rotatable bonds is 1. The van der Waals surface area contributed by atoms with Gasteiger partial charge in [0.15, 0.2) is 0 Å². The lowest BCUT2D eigenvalue weighted by Crippen LogP contribution is -1.89. The van der Waals surface area contributed by atoms with Gasteiger partial charge in [-0.25, -0.2) is 4.98 Å². The zero-order valence-electron chi connectivity index (χ0n) is 10.1. The molecule has 17 heavy (non-hydrogen) atoms. The summed E-state index contributed by atoms with van der Waals surface area (Å²) in [5.41, 5.74) is 3.99. The molecule has 0 aliphatic rings. The smallest absolute Gasteiger partial charge is 0.141 e. The lowest BCUT2D eigenvalue weighted by Gasteiger charge is -2.01. The molecule has 0 N–H and O–H groups in total. The first-order chi connectivity index (χ1) is 8.16. The molecule has 0 fully saturated rings.